The van der Waals surface area contributed by atoms with E-state index in [1.165, 1.54) is 0 Å². The molecule has 0 atom stereocenters. The Morgan fingerprint density at radius 2 is 0.571 bits per heavy atom. The molecule has 0 radical (unpaired) electrons. The molecular weight excluding hydrogens is 634 g/mol. The van der Waals surface area contributed by atoms with Gasteiger partial charge in [0, 0.05) is 0 Å². The van der Waals surface area contributed by atoms with Gasteiger partial charge < -0.3 is 13.7 Å². The first-order chi connectivity index (χ1) is 11.1. The van der Waals surface area contributed by atoms with Crippen molar-refractivity contribution >= 4 is 31.2 Å². The van der Waals surface area contributed by atoms with Crippen LogP contribution in [0, 0.1) is 35.6 Å². The van der Waals surface area contributed by atoms with Gasteiger partial charge >= 0.3 is 54.7 Å². The summed E-state index contributed by atoms with van der Waals surface area (Å²) in [4.78, 5) is 0. The number of hydrogen-bond acceptors (Lipinski definition) is 12. The van der Waals surface area contributed by atoms with Crippen LogP contribution < -0.4 is 0 Å². The summed E-state index contributed by atoms with van der Waals surface area (Å²) < 4.78 is 185. The Hall–Kier alpha value is 0.175. The first kappa shape index (κ1) is 35.6. The first-order valence-electron chi connectivity index (χ1n) is 4.31. The Balaban J connectivity index is -0.000000152. The molecule has 0 heterocycles. The second-order valence-electron chi connectivity index (χ2n) is 2.81. The smallest absolute Gasteiger partial charge is 0.725 e. The minimum absolute atomic E-state index is 0. The van der Waals surface area contributed by atoms with E-state index in [9.17, 15) is 39.5 Å². The largest absolute Gasteiger partial charge is 3.00 e. The minimum Gasteiger partial charge on any atom is -0.725 e. The van der Waals surface area contributed by atoms with E-state index in [2.05, 4.69) is 0 Å². The molecule has 0 aromatic carbocycles. The average molecular weight is 634 g/mol. The van der Waals surface area contributed by atoms with Gasteiger partial charge in [-0.05, 0) is 0 Å². The van der Waals surface area contributed by atoms with Crippen molar-refractivity contribution < 1.29 is 127 Å². The van der Waals surface area contributed by atoms with Gasteiger partial charge in [0.1, 0.15) is 0 Å². The van der Waals surface area contributed by atoms with E-state index in [-0.39, 0.29) is 35.6 Å². The summed E-state index contributed by atoms with van der Waals surface area (Å²) in [5.41, 5.74) is 0. The number of hydrogen-bond donors (Lipinski definition) is 0. The van der Waals surface area contributed by atoms with E-state index in [1.807, 2.05) is 12.5 Å². The molecular formula is C3F9LaO12S3. The van der Waals surface area contributed by atoms with Crippen molar-refractivity contribution in [1.29, 1.82) is 0 Å². The maximum Gasteiger partial charge on any atom is 3.00 e. The number of rotatable bonds is 3. The molecule has 0 unspecified atom stereocenters. The molecule has 0 aromatic heterocycles. The van der Waals surface area contributed by atoms with Crippen LogP contribution in [0.5, 0.6) is 0 Å². The summed E-state index contributed by atoms with van der Waals surface area (Å²) in [5.74, 6) is 0. The van der Waals surface area contributed by atoms with Crippen molar-refractivity contribution in [1.82, 2.24) is 0 Å². The van der Waals surface area contributed by atoms with Crippen LogP contribution in [0.25, 0.3) is 0 Å². The molecule has 0 saturated carbocycles. The topological polar surface area (TPSA) is 199 Å². The van der Waals surface area contributed by atoms with Gasteiger partial charge in [-0.25, -0.2) is 25.3 Å². The Morgan fingerprint density at radius 3 is 0.571 bits per heavy atom. The Labute approximate surface area is 176 Å². The Kier molecular flexibility index (Phi) is 15.4. The van der Waals surface area contributed by atoms with Gasteiger partial charge in [-0.2, -0.15) is 12.5 Å². The molecule has 25 heteroatoms. The van der Waals surface area contributed by atoms with Crippen molar-refractivity contribution in [2.45, 2.75) is 19.1 Å². The van der Waals surface area contributed by atoms with Crippen LogP contribution in [-0.4, -0.2) is 58.0 Å². The monoisotopic (exact) mass is 634 g/mol. The zero-order chi connectivity index (χ0) is 23.1. The van der Waals surface area contributed by atoms with Gasteiger partial charge in [0.05, 0.1) is 0 Å². The quantitative estimate of drug-likeness (QED) is 0.228. The third-order valence-corrected chi connectivity index (χ3v) is 1.77. The van der Waals surface area contributed by atoms with Crippen LogP contribution in [0.3, 0.4) is 0 Å². The van der Waals surface area contributed by atoms with Crippen LogP contribution >= 0.6 is 0 Å². The summed E-state index contributed by atoms with van der Waals surface area (Å²) in [7, 11) is -17.0. The molecule has 28 heavy (non-hydrogen) atoms. The zero-order valence-electron chi connectivity index (χ0n) is 11.6. The summed E-state index contributed by atoms with van der Waals surface area (Å²) in [6.45, 7) is 0. The van der Waals surface area contributed by atoms with Crippen LogP contribution in [0.4, 0.5) is 39.5 Å². The predicted molar refractivity (Wildman–Crippen MR) is 50.5 cm³/mol. The summed E-state index contributed by atoms with van der Waals surface area (Å²) >= 11 is 0. The molecule has 0 fully saturated rings. The fourth-order valence-corrected chi connectivity index (χ4v) is 1.04. The zero-order valence-corrected chi connectivity index (χ0v) is 17.7. The molecule has 12 nitrogen and oxygen atoms in total. The van der Waals surface area contributed by atoms with E-state index in [1.54, 1.807) is 0 Å². The third kappa shape index (κ3) is 50.2. The fourth-order valence-electron chi connectivity index (χ4n) is 0.347. The molecule has 0 saturated heterocycles. The third-order valence-electron chi connectivity index (χ3n) is 0.590. The first-order valence-corrected chi connectivity index (χ1v) is 8.31. The van der Waals surface area contributed by atoms with Crippen LogP contribution in [0.15, 0.2) is 0 Å². The molecule has 0 amide bonds. The molecule has 0 aliphatic carbocycles. The Bertz CT molecular complexity index is 640. The van der Waals surface area contributed by atoms with Gasteiger partial charge in [0.2, 0.25) is 31.2 Å². The van der Waals surface area contributed by atoms with Crippen molar-refractivity contribution in [3.63, 3.8) is 0 Å². The van der Waals surface area contributed by atoms with Gasteiger partial charge in [0.25, 0.3) is 0 Å². The van der Waals surface area contributed by atoms with Gasteiger partial charge in [-0.1, -0.05) is 0 Å². The molecule has 0 spiro atoms. The van der Waals surface area contributed by atoms with Crippen molar-refractivity contribution in [3.8, 4) is 0 Å². The molecule has 0 aliphatic rings. The van der Waals surface area contributed by atoms with E-state index in [0.29, 0.717) is 0 Å². The molecule has 0 N–H and O–H groups in total. The number of alkyl halides is 9. The predicted octanol–water partition coefficient (Wildman–Crippen LogP) is -0.0510. The second kappa shape index (κ2) is 12.1. The standard InChI is InChI=1S/3CHF3O4S.La/c3*2-1(3,4)8-9(5,6)7;/h3*(H,5,6,7);/q;;;+3/p-3. The summed E-state index contributed by atoms with van der Waals surface area (Å²) in [6, 6.07) is 0. The van der Waals surface area contributed by atoms with E-state index in [0.717, 1.165) is 0 Å². The van der Waals surface area contributed by atoms with Crippen LogP contribution in [-0.2, 0) is 43.7 Å². The van der Waals surface area contributed by atoms with Crippen LogP contribution in [0.1, 0.15) is 0 Å². The molecule has 0 bridgehead atoms. The average Bonchev–Trinajstić information content (AvgIpc) is 1.96. The second-order valence-corrected chi connectivity index (χ2v) is 5.76. The maximum atomic E-state index is 10.8. The molecule has 0 aromatic rings. The maximum absolute atomic E-state index is 10.8. The summed E-state index contributed by atoms with van der Waals surface area (Å²) in [6.07, 6.45) is -16.2. The van der Waals surface area contributed by atoms with E-state index in [4.69, 9.17) is 38.9 Å². The van der Waals surface area contributed by atoms with Gasteiger partial charge in [0.15, 0.2) is 0 Å². The minimum atomic E-state index is -5.66. The van der Waals surface area contributed by atoms with Crippen LogP contribution in [0.2, 0.25) is 0 Å². The summed E-state index contributed by atoms with van der Waals surface area (Å²) in [5, 5.41) is 0. The fraction of sp³-hybridized carbons (Fsp3) is 1.00. The van der Waals surface area contributed by atoms with Gasteiger partial charge in [-0.15, -0.1) is 39.5 Å². The molecule has 0 rings (SSSR count). The van der Waals surface area contributed by atoms with Crippen molar-refractivity contribution in [2.75, 3.05) is 0 Å². The van der Waals surface area contributed by atoms with E-state index < -0.39 is 50.3 Å². The normalized spacial score (nSPS) is 13.3. The molecule has 168 valence electrons. The van der Waals surface area contributed by atoms with E-state index >= 15 is 0 Å². The van der Waals surface area contributed by atoms with Crippen molar-refractivity contribution in [3.05, 3.63) is 0 Å². The SMILES string of the molecule is O=S(=O)([O-])OC(F)(F)F.O=S(=O)([O-])OC(F)(F)F.O=S(=O)([O-])OC(F)(F)F.[La+3]. The molecule has 0 aliphatic heterocycles. The Morgan fingerprint density at radius 1 is 0.464 bits per heavy atom. The van der Waals surface area contributed by atoms with Crippen molar-refractivity contribution in [2.24, 2.45) is 0 Å². The van der Waals surface area contributed by atoms with Gasteiger partial charge in [-0.3, -0.25) is 0 Å². The number of halogens is 9.